The molecular formula is C16H24N2O5S. The van der Waals surface area contributed by atoms with E-state index in [2.05, 4.69) is 4.72 Å². The van der Waals surface area contributed by atoms with Crippen LogP contribution in [0.3, 0.4) is 0 Å². The van der Waals surface area contributed by atoms with E-state index in [9.17, 15) is 18.0 Å². The van der Waals surface area contributed by atoms with Crippen molar-refractivity contribution in [2.45, 2.75) is 31.6 Å². The second-order valence-corrected chi connectivity index (χ2v) is 7.76. The molecular weight excluding hydrogens is 332 g/mol. The molecule has 0 aromatic heterocycles. The molecule has 0 saturated carbocycles. The normalized spacial score (nSPS) is 11.5. The highest BCUT2D eigenvalue weighted by molar-refractivity contribution is 7.89. The average Bonchev–Trinajstić information content (AvgIpc) is 2.52. The van der Waals surface area contributed by atoms with Crippen molar-refractivity contribution in [1.29, 1.82) is 0 Å². The van der Waals surface area contributed by atoms with Gasteiger partial charge in [0, 0.05) is 32.1 Å². The van der Waals surface area contributed by atoms with Crippen LogP contribution in [0.1, 0.15) is 37.0 Å². The molecule has 8 heteroatoms. The van der Waals surface area contributed by atoms with E-state index in [4.69, 9.17) is 5.11 Å². The minimum absolute atomic E-state index is 0.00365. The first-order valence-electron chi connectivity index (χ1n) is 7.70. The zero-order valence-electron chi connectivity index (χ0n) is 14.2. The van der Waals surface area contributed by atoms with Crippen LogP contribution >= 0.6 is 0 Å². The zero-order valence-corrected chi connectivity index (χ0v) is 15.0. The Hall–Kier alpha value is -1.93. The molecule has 0 spiro atoms. The number of nitrogens with one attached hydrogen (secondary N) is 1. The van der Waals surface area contributed by atoms with Crippen LogP contribution in [0.25, 0.3) is 0 Å². The van der Waals surface area contributed by atoms with Crippen molar-refractivity contribution < 1.29 is 23.1 Å². The van der Waals surface area contributed by atoms with E-state index in [1.54, 1.807) is 7.05 Å². The van der Waals surface area contributed by atoms with Crippen LogP contribution in [0.4, 0.5) is 0 Å². The predicted molar refractivity (Wildman–Crippen MR) is 90.3 cm³/mol. The molecule has 0 heterocycles. The number of hydrogen-bond donors (Lipinski definition) is 2. The molecule has 7 nitrogen and oxygen atoms in total. The summed E-state index contributed by atoms with van der Waals surface area (Å²) in [5, 5.41) is 8.60. The molecule has 0 bridgehead atoms. The van der Waals surface area contributed by atoms with E-state index in [0.29, 0.717) is 25.1 Å². The monoisotopic (exact) mass is 356 g/mol. The molecule has 1 aromatic rings. The molecule has 1 amide bonds. The van der Waals surface area contributed by atoms with Crippen LogP contribution in [0.2, 0.25) is 0 Å². The Morgan fingerprint density at radius 2 is 1.79 bits per heavy atom. The number of carboxylic acids is 1. The van der Waals surface area contributed by atoms with E-state index in [-0.39, 0.29) is 23.1 Å². The van der Waals surface area contributed by atoms with Gasteiger partial charge in [-0.2, -0.15) is 0 Å². The van der Waals surface area contributed by atoms with Gasteiger partial charge in [-0.05, 0) is 36.6 Å². The van der Waals surface area contributed by atoms with Gasteiger partial charge in [0.25, 0.3) is 5.91 Å². The largest absolute Gasteiger partial charge is 0.481 e. The molecule has 134 valence electrons. The summed E-state index contributed by atoms with van der Waals surface area (Å²) in [5.74, 6) is -0.987. The van der Waals surface area contributed by atoms with Gasteiger partial charge in [0.05, 0.1) is 4.90 Å². The molecule has 0 fully saturated rings. The maximum absolute atomic E-state index is 12.2. The standard InChI is InChI=1S/C16H24N2O5S/c1-12(2)11-17-24(22,23)14-8-6-13(7-9-14)16(21)18(3)10-4-5-15(19)20/h6-9,12,17H,4-5,10-11H2,1-3H3,(H,19,20). The van der Waals surface area contributed by atoms with Crippen LogP contribution in [-0.4, -0.2) is 50.4 Å². The van der Waals surface area contributed by atoms with E-state index in [1.807, 2.05) is 13.8 Å². The van der Waals surface area contributed by atoms with Crippen LogP contribution < -0.4 is 4.72 Å². The Morgan fingerprint density at radius 1 is 1.21 bits per heavy atom. The number of aliphatic carboxylic acids is 1. The topological polar surface area (TPSA) is 104 Å². The molecule has 0 aliphatic rings. The van der Waals surface area contributed by atoms with Crippen molar-refractivity contribution in [3.8, 4) is 0 Å². The van der Waals surface area contributed by atoms with Crippen molar-refractivity contribution in [2.24, 2.45) is 5.92 Å². The van der Waals surface area contributed by atoms with Gasteiger partial charge in [-0.25, -0.2) is 13.1 Å². The molecule has 2 N–H and O–H groups in total. The zero-order chi connectivity index (χ0) is 18.3. The highest BCUT2D eigenvalue weighted by Gasteiger charge is 2.16. The summed E-state index contributed by atoms with van der Waals surface area (Å²) < 4.78 is 26.7. The van der Waals surface area contributed by atoms with Crippen molar-refractivity contribution in [3.63, 3.8) is 0 Å². The van der Waals surface area contributed by atoms with Gasteiger partial charge in [-0.1, -0.05) is 13.8 Å². The molecule has 0 aliphatic carbocycles. The number of amides is 1. The van der Waals surface area contributed by atoms with Gasteiger partial charge < -0.3 is 10.0 Å². The summed E-state index contributed by atoms with van der Waals surface area (Å²) >= 11 is 0. The van der Waals surface area contributed by atoms with Crippen molar-refractivity contribution in [2.75, 3.05) is 20.1 Å². The van der Waals surface area contributed by atoms with Crippen molar-refractivity contribution >= 4 is 21.9 Å². The smallest absolute Gasteiger partial charge is 0.303 e. The van der Waals surface area contributed by atoms with Crippen LogP contribution in [-0.2, 0) is 14.8 Å². The van der Waals surface area contributed by atoms with Gasteiger partial charge >= 0.3 is 5.97 Å². The van der Waals surface area contributed by atoms with E-state index < -0.39 is 16.0 Å². The second-order valence-electron chi connectivity index (χ2n) is 5.99. The Bertz CT molecular complexity index is 668. The summed E-state index contributed by atoms with van der Waals surface area (Å²) in [7, 11) is -2.00. The number of carbonyl (C=O) groups excluding carboxylic acids is 1. The van der Waals surface area contributed by atoms with E-state index in [0.717, 1.165) is 0 Å². The SMILES string of the molecule is CC(C)CNS(=O)(=O)c1ccc(C(=O)N(C)CCCC(=O)O)cc1. The van der Waals surface area contributed by atoms with Gasteiger partial charge in [0.2, 0.25) is 10.0 Å². The third kappa shape index (κ3) is 6.29. The third-order valence-corrected chi connectivity index (χ3v) is 4.76. The van der Waals surface area contributed by atoms with Crippen LogP contribution in [0, 0.1) is 5.92 Å². The Balaban J connectivity index is 2.72. The van der Waals surface area contributed by atoms with Gasteiger partial charge in [-0.15, -0.1) is 0 Å². The minimum Gasteiger partial charge on any atom is -0.481 e. The number of carbonyl (C=O) groups is 2. The van der Waals surface area contributed by atoms with Crippen LogP contribution in [0.15, 0.2) is 29.2 Å². The molecule has 0 radical (unpaired) electrons. The lowest BCUT2D eigenvalue weighted by molar-refractivity contribution is -0.137. The maximum Gasteiger partial charge on any atom is 0.303 e. The second kappa shape index (κ2) is 8.79. The van der Waals surface area contributed by atoms with Gasteiger partial charge in [0.15, 0.2) is 0 Å². The molecule has 1 rings (SSSR count). The third-order valence-electron chi connectivity index (χ3n) is 3.32. The highest BCUT2D eigenvalue weighted by Crippen LogP contribution is 2.12. The lowest BCUT2D eigenvalue weighted by Crippen LogP contribution is -2.29. The first-order valence-corrected chi connectivity index (χ1v) is 9.19. The Kier molecular flexibility index (Phi) is 7.37. The Morgan fingerprint density at radius 3 is 2.29 bits per heavy atom. The number of rotatable bonds is 9. The van der Waals surface area contributed by atoms with Crippen molar-refractivity contribution in [3.05, 3.63) is 29.8 Å². The summed E-state index contributed by atoms with van der Waals surface area (Å²) in [5.41, 5.74) is 0.357. The molecule has 0 atom stereocenters. The first-order chi connectivity index (χ1) is 11.1. The van der Waals surface area contributed by atoms with Crippen LogP contribution in [0.5, 0.6) is 0 Å². The summed E-state index contributed by atoms with van der Waals surface area (Å²) in [6, 6.07) is 5.70. The fourth-order valence-electron chi connectivity index (χ4n) is 1.93. The average molecular weight is 356 g/mol. The maximum atomic E-state index is 12.2. The first kappa shape index (κ1) is 20.1. The summed E-state index contributed by atoms with van der Waals surface area (Å²) in [4.78, 5) is 24.2. The fourth-order valence-corrected chi connectivity index (χ4v) is 3.14. The highest BCUT2D eigenvalue weighted by atomic mass is 32.2. The molecule has 0 aliphatic heterocycles. The molecule has 0 saturated heterocycles. The predicted octanol–water partition coefficient (Wildman–Crippen LogP) is 1.56. The minimum atomic E-state index is -3.58. The quantitative estimate of drug-likeness (QED) is 0.699. The van der Waals surface area contributed by atoms with E-state index in [1.165, 1.54) is 29.2 Å². The number of benzene rings is 1. The molecule has 24 heavy (non-hydrogen) atoms. The number of sulfonamides is 1. The molecule has 0 unspecified atom stereocenters. The van der Waals surface area contributed by atoms with Gasteiger partial charge in [0.1, 0.15) is 0 Å². The fraction of sp³-hybridized carbons (Fsp3) is 0.500. The lowest BCUT2D eigenvalue weighted by atomic mass is 10.2. The lowest BCUT2D eigenvalue weighted by Gasteiger charge is -2.17. The summed E-state index contributed by atoms with van der Waals surface area (Å²) in [6.07, 6.45) is 0.361. The Labute approximate surface area is 142 Å². The van der Waals surface area contributed by atoms with Gasteiger partial charge in [-0.3, -0.25) is 9.59 Å². The number of hydrogen-bond acceptors (Lipinski definition) is 4. The molecule has 1 aromatic carbocycles. The van der Waals surface area contributed by atoms with Crippen molar-refractivity contribution in [1.82, 2.24) is 9.62 Å². The number of nitrogens with zero attached hydrogens (tertiary/aromatic N) is 1. The number of carboxylic acid groups (broad SMARTS) is 1. The van der Waals surface area contributed by atoms with E-state index >= 15 is 0 Å². The summed E-state index contributed by atoms with van der Waals surface area (Å²) in [6.45, 7) is 4.48.